The predicted molar refractivity (Wildman–Crippen MR) is 68.6 cm³/mol. The van der Waals surface area contributed by atoms with Crippen molar-refractivity contribution in [1.29, 1.82) is 0 Å². The predicted octanol–water partition coefficient (Wildman–Crippen LogP) is 1.46. The van der Waals surface area contributed by atoms with E-state index in [-0.39, 0.29) is 0 Å². The minimum absolute atomic E-state index is 0.303. The largest absolute Gasteiger partial charge is 0.480 e. The molecule has 1 aromatic rings. The standard InChI is InChI=1S/C11H17N3O3S/c1-7-5-12-8(18-7)6-13-10(17)14(4)11(2,3)9(15)16/h5H,6H2,1-4H3,(H,13,17)(H,15,16). The summed E-state index contributed by atoms with van der Waals surface area (Å²) in [6.45, 7) is 5.19. The van der Waals surface area contributed by atoms with Crippen LogP contribution in [0, 0.1) is 6.92 Å². The lowest BCUT2D eigenvalue weighted by Gasteiger charge is -2.31. The van der Waals surface area contributed by atoms with Gasteiger partial charge in [0, 0.05) is 18.1 Å². The maximum atomic E-state index is 11.8. The number of aliphatic carboxylic acids is 1. The van der Waals surface area contributed by atoms with Gasteiger partial charge in [-0.15, -0.1) is 11.3 Å². The van der Waals surface area contributed by atoms with Crippen LogP contribution in [-0.2, 0) is 11.3 Å². The number of nitrogens with zero attached hydrogens (tertiary/aromatic N) is 2. The zero-order valence-electron chi connectivity index (χ0n) is 10.9. The fourth-order valence-electron chi connectivity index (χ4n) is 1.15. The van der Waals surface area contributed by atoms with Crippen LogP contribution in [-0.4, -0.2) is 39.6 Å². The smallest absolute Gasteiger partial charge is 0.329 e. The second-order valence-electron chi connectivity index (χ2n) is 4.45. The first kappa shape index (κ1) is 14.4. The van der Waals surface area contributed by atoms with Crippen LogP contribution in [0.4, 0.5) is 4.79 Å². The maximum absolute atomic E-state index is 11.8. The molecule has 0 aliphatic rings. The number of carboxylic acids is 1. The summed E-state index contributed by atoms with van der Waals surface area (Å²) in [7, 11) is 1.45. The van der Waals surface area contributed by atoms with E-state index in [0.717, 1.165) is 14.8 Å². The molecule has 0 atom stereocenters. The highest BCUT2D eigenvalue weighted by Gasteiger charge is 2.35. The fourth-order valence-corrected chi connectivity index (χ4v) is 1.88. The van der Waals surface area contributed by atoms with Crippen molar-refractivity contribution in [2.24, 2.45) is 0 Å². The van der Waals surface area contributed by atoms with Crippen LogP contribution in [0.5, 0.6) is 0 Å². The molecule has 0 fully saturated rings. The number of rotatable bonds is 4. The molecular formula is C11H17N3O3S. The number of carboxylic acid groups (broad SMARTS) is 1. The molecule has 0 bridgehead atoms. The summed E-state index contributed by atoms with van der Waals surface area (Å²) in [4.78, 5) is 29.2. The van der Waals surface area contributed by atoms with Gasteiger partial charge in [-0.1, -0.05) is 0 Å². The Labute approximate surface area is 110 Å². The van der Waals surface area contributed by atoms with E-state index in [2.05, 4.69) is 10.3 Å². The number of hydrogen-bond donors (Lipinski definition) is 2. The summed E-state index contributed by atoms with van der Waals surface area (Å²) in [6, 6.07) is -0.435. The second kappa shape index (κ2) is 5.34. The van der Waals surface area contributed by atoms with Crippen LogP contribution in [0.15, 0.2) is 6.20 Å². The number of hydrogen-bond acceptors (Lipinski definition) is 4. The molecule has 100 valence electrons. The van der Waals surface area contributed by atoms with Gasteiger partial charge in [0.15, 0.2) is 0 Å². The van der Waals surface area contributed by atoms with Gasteiger partial charge in [-0.05, 0) is 20.8 Å². The van der Waals surface area contributed by atoms with Crippen molar-refractivity contribution in [2.75, 3.05) is 7.05 Å². The van der Waals surface area contributed by atoms with Gasteiger partial charge in [0.25, 0.3) is 0 Å². The molecule has 0 radical (unpaired) electrons. The normalized spacial score (nSPS) is 11.1. The number of thiazole rings is 1. The minimum atomic E-state index is -1.25. The van der Waals surface area contributed by atoms with E-state index >= 15 is 0 Å². The first-order valence-corrected chi connectivity index (χ1v) is 6.23. The molecule has 0 aromatic carbocycles. The van der Waals surface area contributed by atoms with Gasteiger partial charge in [-0.3, -0.25) is 0 Å². The third-order valence-electron chi connectivity index (χ3n) is 2.73. The van der Waals surface area contributed by atoms with Gasteiger partial charge in [0.05, 0.1) is 6.54 Å². The molecule has 0 saturated heterocycles. The minimum Gasteiger partial charge on any atom is -0.480 e. The second-order valence-corrected chi connectivity index (χ2v) is 5.77. The van der Waals surface area contributed by atoms with Gasteiger partial charge in [-0.25, -0.2) is 14.6 Å². The monoisotopic (exact) mass is 271 g/mol. The Balaban J connectivity index is 2.58. The van der Waals surface area contributed by atoms with E-state index in [4.69, 9.17) is 5.11 Å². The quantitative estimate of drug-likeness (QED) is 0.868. The third kappa shape index (κ3) is 3.19. The van der Waals surface area contributed by atoms with Crippen molar-refractivity contribution in [3.05, 3.63) is 16.1 Å². The zero-order valence-corrected chi connectivity index (χ0v) is 11.7. The Kier molecular flexibility index (Phi) is 4.28. The topological polar surface area (TPSA) is 82.5 Å². The van der Waals surface area contributed by atoms with Crippen molar-refractivity contribution in [3.8, 4) is 0 Å². The highest BCUT2D eigenvalue weighted by Crippen LogP contribution is 2.14. The van der Waals surface area contributed by atoms with Gasteiger partial charge >= 0.3 is 12.0 Å². The van der Waals surface area contributed by atoms with Gasteiger partial charge in [-0.2, -0.15) is 0 Å². The van der Waals surface area contributed by atoms with Gasteiger partial charge < -0.3 is 15.3 Å². The van der Waals surface area contributed by atoms with Crippen molar-refractivity contribution < 1.29 is 14.7 Å². The number of aromatic nitrogens is 1. The fraction of sp³-hybridized carbons (Fsp3) is 0.545. The number of aryl methyl sites for hydroxylation is 1. The molecular weight excluding hydrogens is 254 g/mol. The molecule has 6 nitrogen and oxygen atoms in total. The summed E-state index contributed by atoms with van der Waals surface area (Å²) in [6.07, 6.45) is 1.73. The molecule has 7 heteroatoms. The lowest BCUT2D eigenvalue weighted by molar-refractivity contribution is -0.146. The summed E-state index contributed by atoms with van der Waals surface area (Å²) < 4.78 is 0. The molecule has 1 rings (SSSR count). The summed E-state index contributed by atoms with van der Waals surface area (Å²) >= 11 is 1.49. The number of likely N-dealkylation sites (N-methyl/N-ethyl adjacent to an activating group) is 1. The highest BCUT2D eigenvalue weighted by molar-refractivity contribution is 7.11. The van der Waals surface area contributed by atoms with Crippen molar-refractivity contribution in [1.82, 2.24) is 15.2 Å². The van der Waals surface area contributed by atoms with E-state index in [1.807, 2.05) is 6.92 Å². The van der Waals surface area contributed by atoms with E-state index in [9.17, 15) is 9.59 Å². The van der Waals surface area contributed by atoms with Gasteiger partial charge in [0.2, 0.25) is 0 Å². The first-order chi connectivity index (χ1) is 8.25. The van der Waals surface area contributed by atoms with Crippen LogP contribution < -0.4 is 5.32 Å². The maximum Gasteiger partial charge on any atom is 0.329 e. The molecule has 0 aliphatic heterocycles. The third-order valence-corrected chi connectivity index (χ3v) is 3.64. The van der Waals surface area contributed by atoms with Crippen LogP contribution in [0.25, 0.3) is 0 Å². The Hall–Kier alpha value is -1.63. The molecule has 18 heavy (non-hydrogen) atoms. The molecule has 0 unspecified atom stereocenters. The van der Waals surface area contributed by atoms with Gasteiger partial charge in [0.1, 0.15) is 10.5 Å². The van der Waals surface area contributed by atoms with Crippen molar-refractivity contribution in [2.45, 2.75) is 32.9 Å². The molecule has 0 aliphatic carbocycles. The lowest BCUT2D eigenvalue weighted by atomic mass is 10.1. The van der Waals surface area contributed by atoms with E-state index in [0.29, 0.717) is 6.54 Å². The SMILES string of the molecule is Cc1cnc(CNC(=O)N(C)C(C)(C)C(=O)O)s1. The summed E-state index contributed by atoms with van der Waals surface area (Å²) in [5.41, 5.74) is -1.25. The average Bonchev–Trinajstić information content (AvgIpc) is 2.70. The molecule has 0 spiro atoms. The van der Waals surface area contributed by atoms with E-state index in [1.54, 1.807) is 6.20 Å². The molecule has 2 amide bonds. The van der Waals surface area contributed by atoms with Crippen LogP contribution in [0.2, 0.25) is 0 Å². The number of amides is 2. The number of carbonyl (C=O) groups excluding carboxylic acids is 1. The Morgan fingerprint density at radius 3 is 2.61 bits per heavy atom. The summed E-state index contributed by atoms with van der Waals surface area (Å²) in [5, 5.41) is 12.5. The first-order valence-electron chi connectivity index (χ1n) is 5.41. The Bertz CT molecular complexity index is 456. The van der Waals surface area contributed by atoms with Crippen LogP contribution >= 0.6 is 11.3 Å². The van der Waals surface area contributed by atoms with Crippen LogP contribution in [0.3, 0.4) is 0 Å². The summed E-state index contributed by atoms with van der Waals surface area (Å²) in [5.74, 6) is -1.05. The molecule has 0 saturated carbocycles. The van der Waals surface area contributed by atoms with Crippen molar-refractivity contribution >= 4 is 23.3 Å². The highest BCUT2D eigenvalue weighted by atomic mass is 32.1. The Morgan fingerprint density at radius 1 is 1.56 bits per heavy atom. The molecule has 2 N–H and O–H groups in total. The number of carbonyl (C=O) groups is 2. The Morgan fingerprint density at radius 2 is 2.17 bits per heavy atom. The molecule has 1 aromatic heterocycles. The van der Waals surface area contributed by atoms with E-state index in [1.165, 1.54) is 32.2 Å². The van der Waals surface area contributed by atoms with Crippen molar-refractivity contribution in [3.63, 3.8) is 0 Å². The molecule has 1 heterocycles. The lowest BCUT2D eigenvalue weighted by Crippen LogP contribution is -2.53. The average molecular weight is 271 g/mol. The number of urea groups is 1. The zero-order chi connectivity index (χ0) is 13.9. The number of nitrogens with one attached hydrogen (secondary N) is 1. The van der Waals surface area contributed by atoms with Crippen LogP contribution in [0.1, 0.15) is 23.7 Å². The van der Waals surface area contributed by atoms with E-state index < -0.39 is 17.5 Å².